The highest BCUT2D eigenvalue weighted by atomic mass is 16.5. The molecular formula is C19H20N2O3. The largest absolute Gasteiger partial charge is 0.495 e. The molecule has 0 bridgehead atoms. The van der Waals surface area contributed by atoms with Crippen molar-refractivity contribution < 1.29 is 14.3 Å². The lowest BCUT2D eigenvalue weighted by atomic mass is 10.1. The minimum Gasteiger partial charge on any atom is -0.495 e. The van der Waals surface area contributed by atoms with Crippen molar-refractivity contribution in [1.82, 2.24) is 0 Å². The number of anilines is 2. The Morgan fingerprint density at radius 3 is 2.58 bits per heavy atom. The van der Waals surface area contributed by atoms with E-state index >= 15 is 0 Å². The van der Waals surface area contributed by atoms with Gasteiger partial charge in [0.05, 0.1) is 24.9 Å². The maximum atomic E-state index is 12.8. The highest BCUT2D eigenvalue weighted by Crippen LogP contribution is 2.31. The summed E-state index contributed by atoms with van der Waals surface area (Å²) in [5, 5.41) is 3.14. The van der Waals surface area contributed by atoms with E-state index in [0.717, 1.165) is 11.1 Å². The van der Waals surface area contributed by atoms with E-state index < -0.39 is 6.04 Å². The number of carbonyl (C=O) groups excluding carboxylic acids is 2. The molecule has 1 N–H and O–H groups in total. The van der Waals surface area contributed by atoms with Gasteiger partial charge in [-0.3, -0.25) is 9.59 Å². The van der Waals surface area contributed by atoms with E-state index in [1.165, 1.54) is 4.90 Å². The van der Waals surface area contributed by atoms with Crippen LogP contribution < -0.4 is 15.0 Å². The van der Waals surface area contributed by atoms with Crippen molar-refractivity contribution in [2.24, 2.45) is 0 Å². The van der Waals surface area contributed by atoms with Crippen LogP contribution in [0, 0.1) is 13.8 Å². The minimum atomic E-state index is -0.589. The molecule has 5 nitrogen and oxygen atoms in total. The standard InChI is InChI=1S/C19H20N2O3/c1-12-7-6-9-16(13(12)2)21-18(22)11-15(19(21)23)20-14-8-4-5-10-17(14)24-3/h4-10,15,20H,11H2,1-3H3/t15-/m1/s1. The quantitative estimate of drug-likeness (QED) is 0.878. The van der Waals surface area contributed by atoms with E-state index in [0.29, 0.717) is 17.1 Å². The predicted molar refractivity (Wildman–Crippen MR) is 93.4 cm³/mol. The highest BCUT2D eigenvalue weighted by molar-refractivity contribution is 6.23. The van der Waals surface area contributed by atoms with Gasteiger partial charge in [-0.05, 0) is 43.2 Å². The van der Waals surface area contributed by atoms with Gasteiger partial charge in [-0.25, -0.2) is 4.90 Å². The molecular weight excluding hydrogens is 304 g/mol. The number of nitrogens with zero attached hydrogens (tertiary/aromatic N) is 1. The Hall–Kier alpha value is -2.82. The van der Waals surface area contributed by atoms with E-state index in [1.54, 1.807) is 7.11 Å². The minimum absolute atomic E-state index is 0.129. The van der Waals surface area contributed by atoms with Gasteiger partial charge in [-0.1, -0.05) is 24.3 Å². The zero-order chi connectivity index (χ0) is 17.3. The summed E-state index contributed by atoms with van der Waals surface area (Å²) in [4.78, 5) is 26.5. The van der Waals surface area contributed by atoms with Gasteiger partial charge in [0.15, 0.2) is 0 Å². The molecule has 2 amide bonds. The fourth-order valence-electron chi connectivity index (χ4n) is 2.93. The smallest absolute Gasteiger partial charge is 0.256 e. The van der Waals surface area contributed by atoms with Crippen LogP contribution in [-0.2, 0) is 9.59 Å². The fraction of sp³-hybridized carbons (Fsp3) is 0.263. The molecule has 124 valence electrons. The number of carbonyl (C=O) groups is 2. The number of para-hydroxylation sites is 2. The number of methoxy groups -OCH3 is 1. The van der Waals surface area contributed by atoms with Crippen LogP contribution in [0.25, 0.3) is 0 Å². The van der Waals surface area contributed by atoms with Crippen LogP contribution >= 0.6 is 0 Å². The average molecular weight is 324 g/mol. The molecule has 0 aliphatic carbocycles. The summed E-state index contributed by atoms with van der Waals surface area (Å²) in [6.07, 6.45) is 0.129. The fourth-order valence-corrected chi connectivity index (χ4v) is 2.93. The molecule has 1 aliphatic rings. The number of amides is 2. The van der Waals surface area contributed by atoms with Crippen molar-refractivity contribution in [3.63, 3.8) is 0 Å². The first-order valence-electron chi connectivity index (χ1n) is 7.85. The zero-order valence-corrected chi connectivity index (χ0v) is 14.0. The lowest BCUT2D eigenvalue weighted by Gasteiger charge is -2.19. The van der Waals surface area contributed by atoms with E-state index in [2.05, 4.69) is 5.32 Å². The third-order valence-corrected chi connectivity index (χ3v) is 4.40. The molecule has 1 aliphatic heterocycles. The molecule has 0 radical (unpaired) electrons. The first-order valence-corrected chi connectivity index (χ1v) is 7.85. The summed E-state index contributed by atoms with van der Waals surface area (Å²) < 4.78 is 5.29. The van der Waals surface area contributed by atoms with E-state index in [4.69, 9.17) is 4.74 Å². The zero-order valence-electron chi connectivity index (χ0n) is 14.0. The van der Waals surface area contributed by atoms with Crippen molar-refractivity contribution in [2.75, 3.05) is 17.3 Å². The van der Waals surface area contributed by atoms with Crippen molar-refractivity contribution in [3.8, 4) is 5.75 Å². The summed E-state index contributed by atoms with van der Waals surface area (Å²) in [6.45, 7) is 3.89. The summed E-state index contributed by atoms with van der Waals surface area (Å²) in [7, 11) is 1.57. The van der Waals surface area contributed by atoms with Gasteiger partial charge in [0.1, 0.15) is 11.8 Å². The van der Waals surface area contributed by atoms with Crippen LogP contribution in [0.15, 0.2) is 42.5 Å². The van der Waals surface area contributed by atoms with Crippen molar-refractivity contribution in [3.05, 3.63) is 53.6 Å². The molecule has 1 heterocycles. The normalized spacial score (nSPS) is 17.3. The van der Waals surface area contributed by atoms with Crippen LogP contribution in [0.2, 0.25) is 0 Å². The molecule has 24 heavy (non-hydrogen) atoms. The number of hydrogen-bond acceptors (Lipinski definition) is 4. The molecule has 5 heteroatoms. The molecule has 2 aromatic carbocycles. The number of nitrogens with one attached hydrogen (secondary N) is 1. The Balaban J connectivity index is 1.88. The maximum Gasteiger partial charge on any atom is 0.256 e. The van der Waals surface area contributed by atoms with Crippen LogP contribution in [0.4, 0.5) is 11.4 Å². The first-order chi connectivity index (χ1) is 11.5. The van der Waals surface area contributed by atoms with Crippen LogP contribution in [0.5, 0.6) is 5.75 Å². The Bertz CT molecular complexity index is 801. The number of imide groups is 1. The average Bonchev–Trinajstić information content (AvgIpc) is 2.85. The third kappa shape index (κ3) is 2.73. The van der Waals surface area contributed by atoms with E-state index in [9.17, 15) is 9.59 Å². The molecule has 1 fully saturated rings. The van der Waals surface area contributed by atoms with Gasteiger partial charge < -0.3 is 10.1 Å². The highest BCUT2D eigenvalue weighted by Gasteiger charge is 2.40. The van der Waals surface area contributed by atoms with Crippen molar-refractivity contribution in [2.45, 2.75) is 26.3 Å². The van der Waals surface area contributed by atoms with Crippen LogP contribution in [-0.4, -0.2) is 25.0 Å². The van der Waals surface area contributed by atoms with Crippen molar-refractivity contribution in [1.29, 1.82) is 0 Å². The monoisotopic (exact) mass is 324 g/mol. The summed E-state index contributed by atoms with van der Waals surface area (Å²) in [5.41, 5.74) is 3.36. The Morgan fingerprint density at radius 1 is 1.08 bits per heavy atom. The molecule has 0 spiro atoms. The summed E-state index contributed by atoms with van der Waals surface area (Å²) >= 11 is 0. The van der Waals surface area contributed by atoms with Gasteiger partial charge in [0, 0.05) is 0 Å². The number of rotatable bonds is 4. The second-order valence-corrected chi connectivity index (χ2v) is 5.89. The lowest BCUT2D eigenvalue weighted by Crippen LogP contribution is -2.35. The van der Waals surface area contributed by atoms with Gasteiger partial charge >= 0.3 is 0 Å². The molecule has 0 unspecified atom stereocenters. The molecule has 0 saturated carbocycles. The molecule has 1 saturated heterocycles. The Morgan fingerprint density at radius 2 is 1.83 bits per heavy atom. The molecule has 0 aromatic heterocycles. The SMILES string of the molecule is COc1ccccc1N[C@@H]1CC(=O)N(c2cccc(C)c2C)C1=O. The molecule has 2 aromatic rings. The second kappa shape index (κ2) is 6.35. The molecule has 3 rings (SSSR count). The summed E-state index contributed by atoms with van der Waals surface area (Å²) in [5.74, 6) is 0.212. The maximum absolute atomic E-state index is 12.8. The van der Waals surface area contributed by atoms with Crippen LogP contribution in [0.1, 0.15) is 17.5 Å². The van der Waals surface area contributed by atoms with Gasteiger partial charge in [0.25, 0.3) is 5.91 Å². The first kappa shape index (κ1) is 16.1. The number of hydrogen-bond donors (Lipinski definition) is 1. The van der Waals surface area contributed by atoms with E-state index in [1.807, 2.05) is 56.3 Å². The van der Waals surface area contributed by atoms with Crippen LogP contribution in [0.3, 0.4) is 0 Å². The van der Waals surface area contributed by atoms with Gasteiger partial charge in [-0.15, -0.1) is 0 Å². The topological polar surface area (TPSA) is 58.6 Å². The number of ether oxygens (including phenoxy) is 1. The third-order valence-electron chi connectivity index (χ3n) is 4.40. The second-order valence-electron chi connectivity index (χ2n) is 5.89. The lowest BCUT2D eigenvalue weighted by molar-refractivity contribution is -0.121. The van der Waals surface area contributed by atoms with Gasteiger partial charge in [-0.2, -0.15) is 0 Å². The molecule has 1 atom stereocenters. The summed E-state index contributed by atoms with van der Waals surface area (Å²) in [6, 6.07) is 12.4. The Labute approximate surface area is 141 Å². The van der Waals surface area contributed by atoms with E-state index in [-0.39, 0.29) is 18.2 Å². The Kier molecular flexibility index (Phi) is 4.25. The predicted octanol–water partition coefficient (Wildman–Crippen LogP) is 3.06. The number of aryl methyl sites for hydroxylation is 1. The van der Waals surface area contributed by atoms with Gasteiger partial charge in [0.2, 0.25) is 5.91 Å². The van der Waals surface area contributed by atoms with Crippen molar-refractivity contribution >= 4 is 23.2 Å². The number of benzene rings is 2.